The molecule has 0 bridgehead atoms. The summed E-state index contributed by atoms with van der Waals surface area (Å²) in [5.74, 6) is 0. The Morgan fingerprint density at radius 3 is 2.67 bits per heavy atom. The molecule has 0 saturated heterocycles. The summed E-state index contributed by atoms with van der Waals surface area (Å²) in [6.07, 6.45) is 2.54. The van der Waals surface area contributed by atoms with Crippen LogP contribution in [0.25, 0.3) is 5.69 Å². The third-order valence-electron chi connectivity index (χ3n) is 2.67. The number of benzene rings is 1. The van der Waals surface area contributed by atoms with Crippen LogP contribution in [0.5, 0.6) is 0 Å². The summed E-state index contributed by atoms with van der Waals surface area (Å²) in [5.41, 5.74) is 8.69. The lowest BCUT2D eigenvalue weighted by molar-refractivity contribution is 0.727. The summed E-state index contributed by atoms with van der Waals surface area (Å²) in [7, 11) is 0. The highest BCUT2D eigenvalue weighted by Gasteiger charge is 2.10. The zero-order valence-corrected chi connectivity index (χ0v) is 11.8. The zero-order valence-electron chi connectivity index (χ0n) is 10.3. The normalized spacial score (nSPS) is 12.7. The van der Waals surface area contributed by atoms with E-state index >= 15 is 0 Å². The van der Waals surface area contributed by atoms with Crippen molar-refractivity contribution in [1.82, 2.24) is 9.78 Å². The molecular weight excluding hydrogens is 269 g/mol. The van der Waals surface area contributed by atoms with Gasteiger partial charge in [-0.3, -0.25) is 0 Å². The summed E-state index contributed by atoms with van der Waals surface area (Å²) >= 11 is 12.1. The van der Waals surface area contributed by atoms with Crippen molar-refractivity contribution in [3.63, 3.8) is 0 Å². The molecule has 2 rings (SSSR count). The predicted octanol–water partition coefficient (Wildman–Crippen LogP) is 3.38. The average Bonchev–Trinajstić information content (AvgIpc) is 2.58. The smallest absolute Gasteiger partial charge is 0.0819 e. The first-order valence-electron chi connectivity index (χ1n) is 5.73. The number of rotatable bonds is 3. The Kier molecular flexibility index (Phi) is 3.95. The molecule has 0 amide bonds. The maximum absolute atomic E-state index is 6.03. The van der Waals surface area contributed by atoms with E-state index in [4.69, 9.17) is 28.9 Å². The molecule has 1 aromatic heterocycles. The van der Waals surface area contributed by atoms with E-state index in [-0.39, 0.29) is 6.04 Å². The Morgan fingerprint density at radius 1 is 1.39 bits per heavy atom. The van der Waals surface area contributed by atoms with Crippen molar-refractivity contribution >= 4 is 23.2 Å². The number of nitrogens with two attached hydrogens (primary N) is 1. The van der Waals surface area contributed by atoms with Gasteiger partial charge in [-0.05, 0) is 44.0 Å². The molecule has 2 N–H and O–H groups in total. The first-order valence-corrected chi connectivity index (χ1v) is 6.49. The van der Waals surface area contributed by atoms with Gasteiger partial charge in [-0.25, -0.2) is 4.68 Å². The first-order chi connectivity index (χ1) is 8.47. The predicted molar refractivity (Wildman–Crippen MR) is 75.7 cm³/mol. The van der Waals surface area contributed by atoms with Gasteiger partial charge in [0.1, 0.15) is 0 Å². The molecule has 0 aliphatic rings. The summed E-state index contributed by atoms with van der Waals surface area (Å²) in [5, 5.41) is 5.73. The molecule has 0 aliphatic heterocycles. The molecule has 0 fully saturated rings. The molecule has 1 aromatic carbocycles. The van der Waals surface area contributed by atoms with Gasteiger partial charge in [0.2, 0.25) is 0 Å². The molecule has 0 aliphatic carbocycles. The van der Waals surface area contributed by atoms with Crippen LogP contribution >= 0.6 is 23.2 Å². The molecule has 5 heteroatoms. The number of nitrogens with zero attached hydrogens (tertiary/aromatic N) is 2. The second kappa shape index (κ2) is 5.31. The Bertz CT molecular complexity index is 542. The van der Waals surface area contributed by atoms with Gasteiger partial charge in [0.15, 0.2) is 0 Å². The number of aromatic nitrogens is 2. The molecular formula is C13H15Cl2N3. The van der Waals surface area contributed by atoms with Gasteiger partial charge in [-0.15, -0.1) is 0 Å². The van der Waals surface area contributed by atoms with E-state index in [1.165, 1.54) is 0 Å². The fourth-order valence-electron chi connectivity index (χ4n) is 1.85. The first kappa shape index (κ1) is 13.4. The number of hydrogen-bond donors (Lipinski definition) is 1. The van der Waals surface area contributed by atoms with Crippen LogP contribution in [0.3, 0.4) is 0 Å². The fraction of sp³-hybridized carbons (Fsp3) is 0.308. The minimum Gasteiger partial charge on any atom is -0.328 e. The van der Waals surface area contributed by atoms with Gasteiger partial charge in [-0.1, -0.05) is 23.2 Å². The van der Waals surface area contributed by atoms with Crippen molar-refractivity contribution in [3.8, 4) is 5.69 Å². The summed E-state index contributed by atoms with van der Waals surface area (Å²) in [6.45, 7) is 3.84. The van der Waals surface area contributed by atoms with Crippen LogP contribution < -0.4 is 5.73 Å². The van der Waals surface area contributed by atoms with Crippen LogP contribution in [-0.4, -0.2) is 15.8 Å². The van der Waals surface area contributed by atoms with Crippen molar-refractivity contribution in [2.24, 2.45) is 5.73 Å². The monoisotopic (exact) mass is 283 g/mol. The highest BCUT2D eigenvalue weighted by atomic mass is 35.5. The SMILES string of the molecule is Cc1nn(-c2ccc(Cl)cc2CC(C)N)cc1Cl. The van der Waals surface area contributed by atoms with Crippen molar-refractivity contribution in [2.45, 2.75) is 26.3 Å². The molecule has 0 radical (unpaired) electrons. The minimum absolute atomic E-state index is 0.0642. The Morgan fingerprint density at radius 2 is 2.11 bits per heavy atom. The van der Waals surface area contributed by atoms with Crippen LogP contribution in [-0.2, 0) is 6.42 Å². The van der Waals surface area contributed by atoms with Gasteiger partial charge in [0.05, 0.1) is 16.4 Å². The molecule has 96 valence electrons. The van der Waals surface area contributed by atoms with Crippen LogP contribution in [0, 0.1) is 6.92 Å². The van der Waals surface area contributed by atoms with Crippen molar-refractivity contribution < 1.29 is 0 Å². The van der Waals surface area contributed by atoms with E-state index in [9.17, 15) is 0 Å². The minimum atomic E-state index is 0.0642. The van der Waals surface area contributed by atoms with E-state index in [1.807, 2.05) is 32.0 Å². The van der Waals surface area contributed by atoms with Crippen molar-refractivity contribution in [1.29, 1.82) is 0 Å². The highest BCUT2D eigenvalue weighted by molar-refractivity contribution is 6.31. The molecule has 1 atom stereocenters. The Hall–Kier alpha value is -1.03. The topological polar surface area (TPSA) is 43.8 Å². The highest BCUT2D eigenvalue weighted by Crippen LogP contribution is 2.23. The third kappa shape index (κ3) is 2.86. The van der Waals surface area contributed by atoms with E-state index in [1.54, 1.807) is 10.9 Å². The average molecular weight is 284 g/mol. The lowest BCUT2D eigenvalue weighted by atomic mass is 10.1. The third-order valence-corrected chi connectivity index (χ3v) is 3.28. The number of aryl methyl sites for hydroxylation is 1. The lowest BCUT2D eigenvalue weighted by Gasteiger charge is -2.12. The van der Waals surface area contributed by atoms with E-state index in [0.717, 1.165) is 23.4 Å². The van der Waals surface area contributed by atoms with Crippen molar-refractivity contribution in [2.75, 3.05) is 0 Å². The largest absolute Gasteiger partial charge is 0.328 e. The Balaban J connectivity index is 2.49. The van der Waals surface area contributed by atoms with Gasteiger partial charge in [0, 0.05) is 17.3 Å². The van der Waals surface area contributed by atoms with Gasteiger partial charge < -0.3 is 5.73 Å². The van der Waals surface area contributed by atoms with Crippen molar-refractivity contribution in [3.05, 3.63) is 45.7 Å². The van der Waals surface area contributed by atoms with E-state index in [0.29, 0.717) is 10.0 Å². The summed E-state index contributed by atoms with van der Waals surface area (Å²) < 4.78 is 1.77. The molecule has 2 aromatic rings. The second-order valence-electron chi connectivity index (χ2n) is 4.46. The molecule has 3 nitrogen and oxygen atoms in total. The molecule has 1 unspecified atom stereocenters. The fourth-order valence-corrected chi connectivity index (χ4v) is 2.18. The maximum Gasteiger partial charge on any atom is 0.0819 e. The van der Waals surface area contributed by atoms with E-state index < -0.39 is 0 Å². The summed E-state index contributed by atoms with van der Waals surface area (Å²) in [6, 6.07) is 5.76. The maximum atomic E-state index is 6.03. The standard InChI is InChI=1S/C13H15Cl2N3/c1-8(16)5-10-6-11(14)3-4-13(10)18-7-12(15)9(2)17-18/h3-4,6-8H,5,16H2,1-2H3. The van der Waals surface area contributed by atoms with Crippen LogP contribution in [0.4, 0.5) is 0 Å². The van der Waals surface area contributed by atoms with Gasteiger partial charge in [0.25, 0.3) is 0 Å². The molecule has 0 saturated carbocycles. The lowest BCUT2D eigenvalue weighted by Crippen LogP contribution is -2.19. The molecule has 0 spiro atoms. The molecule has 1 heterocycles. The Labute approximate surface area is 117 Å². The zero-order chi connectivity index (χ0) is 13.3. The van der Waals surface area contributed by atoms with E-state index in [2.05, 4.69) is 5.10 Å². The van der Waals surface area contributed by atoms with Gasteiger partial charge >= 0.3 is 0 Å². The van der Waals surface area contributed by atoms with Crippen LogP contribution in [0.1, 0.15) is 18.2 Å². The number of hydrogen-bond acceptors (Lipinski definition) is 2. The summed E-state index contributed by atoms with van der Waals surface area (Å²) in [4.78, 5) is 0. The number of halogens is 2. The van der Waals surface area contributed by atoms with Gasteiger partial charge in [-0.2, -0.15) is 5.10 Å². The van der Waals surface area contributed by atoms with Crippen LogP contribution in [0.2, 0.25) is 10.0 Å². The molecule has 18 heavy (non-hydrogen) atoms. The quantitative estimate of drug-likeness (QED) is 0.939. The van der Waals surface area contributed by atoms with Crippen LogP contribution in [0.15, 0.2) is 24.4 Å². The second-order valence-corrected chi connectivity index (χ2v) is 5.31.